The van der Waals surface area contributed by atoms with Crippen LogP contribution in [0.25, 0.3) is 0 Å². The second-order valence-corrected chi connectivity index (χ2v) is 5.39. The third-order valence-corrected chi connectivity index (χ3v) is 3.57. The van der Waals surface area contributed by atoms with E-state index >= 15 is 0 Å². The topological polar surface area (TPSA) is 61.8 Å². The summed E-state index contributed by atoms with van der Waals surface area (Å²) in [5, 5.41) is 11.8. The summed E-state index contributed by atoms with van der Waals surface area (Å²) in [5.41, 5.74) is 12.1. The minimum atomic E-state index is 0.133. The number of aryl methyl sites for hydroxylation is 3. The van der Waals surface area contributed by atoms with Crippen LogP contribution in [0.15, 0.2) is 41.6 Å². The van der Waals surface area contributed by atoms with Crippen LogP contribution < -0.4 is 10.6 Å². The summed E-state index contributed by atoms with van der Waals surface area (Å²) < 4.78 is 0. The monoisotopic (exact) mass is 283 g/mol. The Morgan fingerprint density at radius 2 is 1.62 bits per heavy atom. The number of nitrogens with zero attached hydrogens (tertiary/aromatic N) is 2. The van der Waals surface area contributed by atoms with E-state index < -0.39 is 0 Å². The Morgan fingerprint density at radius 3 is 2.14 bits per heavy atom. The number of anilines is 2. The van der Waals surface area contributed by atoms with E-state index in [-0.39, 0.29) is 5.84 Å². The lowest BCUT2D eigenvalue weighted by molar-refractivity contribution is 0.318. The van der Waals surface area contributed by atoms with Gasteiger partial charge in [-0.25, -0.2) is 0 Å². The number of oxime groups is 1. The summed E-state index contributed by atoms with van der Waals surface area (Å²) >= 11 is 0. The van der Waals surface area contributed by atoms with Gasteiger partial charge < -0.3 is 15.8 Å². The zero-order chi connectivity index (χ0) is 15.6. The van der Waals surface area contributed by atoms with Crippen molar-refractivity contribution < 1.29 is 5.21 Å². The first-order chi connectivity index (χ1) is 9.92. The van der Waals surface area contributed by atoms with E-state index in [9.17, 15) is 0 Å². The molecule has 4 heteroatoms. The van der Waals surface area contributed by atoms with Gasteiger partial charge >= 0.3 is 0 Å². The fourth-order valence-electron chi connectivity index (χ4n) is 2.49. The lowest BCUT2D eigenvalue weighted by atomic mass is 10.1. The molecule has 0 fully saturated rings. The molecule has 0 saturated heterocycles. The van der Waals surface area contributed by atoms with Gasteiger partial charge in [-0.1, -0.05) is 11.2 Å². The molecule has 21 heavy (non-hydrogen) atoms. The normalized spacial score (nSPS) is 11.5. The van der Waals surface area contributed by atoms with E-state index in [1.165, 1.54) is 11.1 Å². The highest BCUT2D eigenvalue weighted by molar-refractivity contribution is 5.98. The van der Waals surface area contributed by atoms with Crippen molar-refractivity contribution in [3.05, 3.63) is 58.7 Å². The molecule has 0 heterocycles. The summed E-state index contributed by atoms with van der Waals surface area (Å²) in [7, 11) is 2.03. The van der Waals surface area contributed by atoms with Gasteiger partial charge in [0.2, 0.25) is 0 Å². The molecule has 0 aliphatic rings. The van der Waals surface area contributed by atoms with Gasteiger partial charge in [0.05, 0.1) is 0 Å². The van der Waals surface area contributed by atoms with E-state index in [2.05, 4.69) is 42.1 Å². The second kappa shape index (κ2) is 5.87. The molecule has 110 valence electrons. The smallest absolute Gasteiger partial charge is 0.170 e. The molecule has 3 N–H and O–H groups in total. The van der Waals surface area contributed by atoms with Crippen molar-refractivity contribution in [2.24, 2.45) is 10.9 Å². The third kappa shape index (κ3) is 3.16. The van der Waals surface area contributed by atoms with Crippen LogP contribution in [0.3, 0.4) is 0 Å². The Labute approximate surface area is 125 Å². The molecule has 2 aromatic carbocycles. The highest BCUT2D eigenvalue weighted by atomic mass is 16.4. The molecule has 0 aliphatic heterocycles. The summed E-state index contributed by atoms with van der Waals surface area (Å²) in [6.07, 6.45) is 0. The zero-order valence-corrected chi connectivity index (χ0v) is 12.9. The standard InChI is InChI=1S/C17H21N3O/c1-11-7-12(2)9-15(8-11)20(4)14-5-6-16(13(3)10-14)17(18)19-21/h5-10,21H,1-4H3,(H2,18,19). The number of amidine groups is 1. The number of rotatable bonds is 3. The van der Waals surface area contributed by atoms with Gasteiger partial charge in [-0.3, -0.25) is 0 Å². The van der Waals surface area contributed by atoms with Crippen molar-refractivity contribution >= 4 is 17.2 Å². The Balaban J connectivity index is 2.40. The van der Waals surface area contributed by atoms with Crippen molar-refractivity contribution in [1.29, 1.82) is 0 Å². The van der Waals surface area contributed by atoms with Crippen molar-refractivity contribution in [3.8, 4) is 0 Å². The van der Waals surface area contributed by atoms with Gasteiger partial charge in [-0.15, -0.1) is 0 Å². The van der Waals surface area contributed by atoms with Crippen LogP contribution >= 0.6 is 0 Å². The summed E-state index contributed by atoms with van der Waals surface area (Å²) in [6.45, 7) is 6.14. The lowest BCUT2D eigenvalue weighted by Crippen LogP contribution is -2.16. The first-order valence-corrected chi connectivity index (χ1v) is 6.83. The maximum absolute atomic E-state index is 8.78. The Hall–Kier alpha value is -2.49. The van der Waals surface area contributed by atoms with Gasteiger partial charge in [0.25, 0.3) is 0 Å². The van der Waals surface area contributed by atoms with Crippen molar-refractivity contribution in [1.82, 2.24) is 0 Å². The molecule has 0 saturated carbocycles. The van der Waals surface area contributed by atoms with Gasteiger partial charge in [-0.2, -0.15) is 0 Å². The minimum absolute atomic E-state index is 0.133. The Bertz CT molecular complexity index is 672. The molecule has 0 aliphatic carbocycles. The van der Waals surface area contributed by atoms with Crippen LogP contribution in [-0.4, -0.2) is 18.1 Å². The van der Waals surface area contributed by atoms with Crippen LogP contribution in [0.2, 0.25) is 0 Å². The lowest BCUT2D eigenvalue weighted by Gasteiger charge is -2.22. The van der Waals surface area contributed by atoms with Crippen molar-refractivity contribution in [2.75, 3.05) is 11.9 Å². The molecule has 2 rings (SSSR count). The second-order valence-electron chi connectivity index (χ2n) is 5.39. The van der Waals surface area contributed by atoms with Gasteiger partial charge in [0, 0.05) is 24.0 Å². The Morgan fingerprint density at radius 1 is 1.00 bits per heavy atom. The molecule has 2 aromatic rings. The Kier molecular flexibility index (Phi) is 4.17. The number of nitrogens with two attached hydrogens (primary N) is 1. The van der Waals surface area contributed by atoms with E-state index in [1.807, 2.05) is 32.2 Å². The number of benzene rings is 2. The first-order valence-electron chi connectivity index (χ1n) is 6.83. The van der Waals surface area contributed by atoms with Crippen molar-refractivity contribution in [2.45, 2.75) is 20.8 Å². The van der Waals surface area contributed by atoms with E-state index in [1.54, 1.807) is 0 Å². The molecule has 0 unspecified atom stereocenters. The van der Waals surface area contributed by atoms with Crippen LogP contribution in [0.1, 0.15) is 22.3 Å². The van der Waals surface area contributed by atoms with E-state index in [4.69, 9.17) is 10.9 Å². The van der Waals surface area contributed by atoms with Crippen LogP contribution in [0, 0.1) is 20.8 Å². The largest absolute Gasteiger partial charge is 0.409 e. The molecule has 0 amide bonds. The average Bonchev–Trinajstić information content (AvgIpc) is 2.44. The third-order valence-electron chi connectivity index (χ3n) is 3.57. The number of hydrogen-bond acceptors (Lipinski definition) is 3. The zero-order valence-electron chi connectivity index (χ0n) is 12.9. The molecular weight excluding hydrogens is 262 g/mol. The summed E-state index contributed by atoms with van der Waals surface area (Å²) in [4.78, 5) is 2.13. The molecular formula is C17H21N3O. The van der Waals surface area contributed by atoms with Gasteiger partial charge in [0.15, 0.2) is 5.84 Å². The average molecular weight is 283 g/mol. The fourth-order valence-corrected chi connectivity index (χ4v) is 2.49. The molecule has 0 bridgehead atoms. The molecule has 4 nitrogen and oxygen atoms in total. The quantitative estimate of drug-likeness (QED) is 0.392. The highest BCUT2D eigenvalue weighted by Crippen LogP contribution is 2.27. The summed E-state index contributed by atoms with van der Waals surface area (Å²) in [5.74, 6) is 0.133. The van der Waals surface area contributed by atoms with Crippen LogP contribution in [-0.2, 0) is 0 Å². The van der Waals surface area contributed by atoms with Crippen molar-refractivity contribution in [3.63, 3.8) is 0 Å². The molecule has 0 radical (unpaired) electrons. The first kappa shape index (κ1) is 14.9. The SMILES string of the molecule is Cc1cc(C)cc(N(C)c2ccc(/C(N)=N/O)c(C)c2)c1. The van der Waals surface area contributed by atoms with E-state index in [0.29, 0.717) is 0 Å². The minimum Gasteiger partial charge on any atom is -0.409 e. The molecule has 0 atom stereocenters. The number of hydrogen-bond donors (Lipinski definition) is 2. The maximum Gasteiger partial charge on any atom is 0.170 e. The molecule has 0 aromatic heterocycles. The maximum atomic E-state index is 8.78. The van der Waals surface area contributed by atoms with Crippen LogP contribution in [0.4, 0.5) is 11.4 Å². The predicted molar refractivity (Wildman–Crippen MR) is 87.7 cm³/mol. The van der Waals surface area contributed by atoms with Crippen LogP contribution in [0.5, 0.6) is 0 Å². The van der Waals surface area contributed by atoms with E-state index in [0.717, 1.165) is 22.5 Å². The van der Waals surface area contributed by atoms with Gasteiger partial charge in [-0.05, 0) is 67.8 Å². The summed E-state index contributed by atoms with van der Waals surface area (Å²) in [6, 6.07) is 12.3. The molecule has 0 spiro atoms. The highest BCUT2D eigenvalue weighted by Gasteiger charge is 2.09. The fraction of sp³-hybridized carbons (Fsp3) is 0.235. The predicted octanol–water partition coefficient (Wildman–Crippen LogP) is 3.47. The van der Waals surface area contributed by atoms with Gasteiger partial charge in [0.1, 0.15) is 0 Å².